The number of aliphatic imine (C=N–C) groups is 1. The third kappa shape index (κ3) is 2.44. The number of benzene rings is 1. The van der Waals surface area contributed by atoms with Crippen LogP contribution in [0, 0.1) is 0 Å². The molecule has 7 nitrogen and oxygen atoms in total. The van der Waals surface area contributed by atoms with E-state index in [1.165, 1.54) is 19.5 Å². The SMILES string of the molecule is COc1ccccc1C1C(=O)N=C(c2ncccn2)NC1=O. The van der Waals surface area contributed by atoms with Gasteiger partial charge < -0.3 is 10.1 Å². The van der Waals surface area contributed by atoms with Crippen LogP contribution in [0.5, 0.6) is 5.75 Å². The molecule has 110 valence electrons. The molecule has 7 heteroatoms. The lowest BCUT2D eigenvalue weighted by molar-refractivity contribution is -0.129. The van der Waals surface area contributed by atoms with Crippen molar-refractivity contribution in [3.63, 3.8) is 0 Å². The highest BCUT2D eigenvalue weighted by molar-refractivity contribution is 6.22. The van der Waals surface area contributed by atoms with Crippen molar-refractivity contribution in [2.75, 3.05) is 7.11 Å². The van der Waals surface area contributed by atoms with Gasteiger partial charge in [0.1, 0.15) is 11.7 Å². The Labute approximate surface area is 126 Å². The Bertz CT molecular complexity index is 758. The van der Waals surface area contributed by atoms with E-state index in [9.17, 15) is 9.59 Å². The molecule has 1 aliphatic heterocycles. The molecular formula is C15H12N4O3. The zero-order valence-corrected chi connectivity index (χ0v) is 11.7. The molecule has 2 amide bonds. The van der Waals surface area contributed by atoms with Gasteiger partial charge in [0.05, 0.1) is 7.11 Å². The van der Waals surface area contributed by atoms with Crippen LogP contribution < -0.4 is 10.1 Å². The number of ether oxygens (including phenoxy) is 1. The van der Waals surface area contributed by atoms with E-state index in [0.717, 1.165) is 0 Å². The number of para-hydroxylation sites is 1. The van der Waals surface area contributed by atoms with Crippen molar-refractivity contribution in [3.8, 4) is 5.75 Å². The minimum Gasteiger partial charge on any atom is -0.496 e. The fourth-order valence-electron chi connectivity index (χ4n) is 2.21. The van der Waals surface area contributed by atoms with Crippen LogP contribution in [0.1, 0.15) is 17.3 Å². The molecule has 0 bridgehead atoms. The highest BCUT2D eigenvalue weighted by Gasteiger charge is 2.36. The molecule has 0 spiro atoms. The molecule has 1 N–H and O–H groups in total. The Kier molecular flexibility index (Phi) is 3.61. The van der Waals surface area contributed by atoms with E-state index in [-0.39, 0.29) is 11.7 Å². The van der Waals surface area contributed by atoms with E-state index in [2.05, 4.69) is 20.3 Å². The zero-order chi connectivity index (χ0) is 15.5. The van der Waals surface area contributed by atoms with Gasteiger partial charge >= 0.3 is 0 Å². The van der Waals surface area contributed by atoms with Crippen LogP contribution in [0.25, 0.3) is 0 Å². The smallest absolute Gasteiger partial charge is 0.264 e. The highest BCUT2D eigenvalue weighted by atomic mass is 16.5. The Morgan fingerprint density at radius 2 is 1.82 bits per heavy atom. The Morgan fingerprint density at radius 1 is 1.09 bits per heavy atom. The quantitative estimate of drug-likeness (QED) is 0.840. The number of nitrogens with zero attached hydrogens (tertiary/aromatic N) is 3. The second-order valence-corrected chi connectivity index (χ2v) is 4.54. The first-order chi connectivity index (χ1) is 10.7. The first-order valence-electron chi connectivity index (χ1n) is 6.54. The van der Waals surface area contributed by atoms with Crippen LogP contribution in [0.2, 0.25) is 0 Å². The number of hydrogen-bond acceptors (Lipinski definition) is 5. The van der Waals surface area contributed by atoms with Gasteiger partial charge in [-0.1, -0.05) is 18.2 Å². The number of nitrogens with one attached hydrogen (secondary N) is 1. The van der Waals surface area contributed by atoms with Gasteiger partial charge in [0.15, 0.2) is 11.7 Å². The maximum Gasteiger partial charge on any atom is 0.264 e. The molecule has 1 unspecified atom stereocenters. The number of hydrogen-bond donors (Lipinski definition) is 1. The molecule has 2 aromatic rings. The number of carbonyl (C=O) groups is 2. The molecule has 3 rings (SSSR count). The minimum absolute atomic E-state index is 0.0572. The summed E-state index contributed by atoms with van der Waals surface area (Å²) >= 11 is 0. The first-order valence-corrected chi connectivity index (χ1v) is 6.54. The minimum atomic E-state index is -1.04. The van der Waals surface area contributed by atoms with Gasteiger partial charge in [-0.2, -0.15) is 4.99 Å². The van der Waals surface area contributed by atoms with Gasteiger partial charge in [0.2, 0.25) is 5.91 Å². The van der Waals surface area contributed by atoms with Gasteiger partial charge in [-0.25, -0.2) is 9.97 Å². The third-order valence-electron chi connectivity index (χ3n) is 3.20. The molecular weight excluding hydrogens is 284 g/mol. The molecule has 0 fully saturated rings. The van der Waals surface area contributed by atoms with E-state index >= 15 is 0 Å². The summed E-state index contributed by atoms with van der Waals surface area (Å²) in [6.07, 6.45) is 3.02. The predicted molar refractivity (Wildman–Crippen MR) is 77.5 cm³/mol. The molecule has 0 aliphatic carbocycles. The van der Waals surface area contributed by atoms with Crippen LogP contribution in [0.15, 0.2) is 47.7 Å². The Balaban J connectivity index is 1.99. The summed E-state index contributed by atoms with van der Waals surface area (Å²) in [5, 5.41) is 2.57. The summed E-state index contributed by atoms with van der Waals surface area (Å²) in [6, 6.07) is 8.49. The average molecular weight is 296 g/mol. The molecule has 0 saturated heterocycles. The maximum absolute atomic E-state index is 12.3. The summed E-state index contributed by atoms with van der Waals surface area (Å²) in [6.45, 7) is 0. The van der Waals surface area contributed by atoms with Crippen LogP contribution in [-0.4, -0.2) is 34.7 Å². The molecule has 2 heterocycles. The lowest BCUT2D eigenvalue weighted by Crippen LogP contribution is -2.43. The molecule has 1 aliphatic rings. The van der Waals surface area contributed by atoms with Gasteiger partial charge in [-0.15, -0.1) is 0 Å². The first kappa shape index (κ1) is 13.9. The normalized spacial score (nSPS) is 17.7. The lowest BCUT2D eigenvalue weighted by Gasteiger charge is -2.21. The van der Waals surface area contributed by atoms with Gasteiger partial charge in [-0.05, 0) is 12.1 Å². The monoisotopic (exact) mass is 296 g/mol. The highest BCUT2D eigenvalue weighted by Crippen LogP contribution is 2.29. The average Bonchev–Trinajstić information content (AvgIpc) is 2.55. The van der Waals surface area contributed by atoms with Crippen molar-refractivity contribution in [1.29, 1.82) is 0 Å². The van der Waals surface area contributed by atoms with E-state index in [4.69, 9.17) is 4.74 Å². The summed E-state index contributed by atoms with van der Waals surface area (Å²) < 4.78 is 5.20. The second kappa shape index (κ2) is 5.72. The fourth-order valence-corrected chi connectivity index (χ4v) is 2.21. The number of amides is 2. The Hall–Kier alpha value is -3.09. The summed E-state index contributed by atoms with van der Waals surface area (Å²) in [7, 11) is 1.48. The number of carbonyl (C=O) groups excluding carboxylic acids is 2. The van der Waals surface area contributed by atoms with Crippen molar-refractivity contribution >= 4 is 17.6 Å². The number of methoxy groups -OCH3 is 1. The summed E-state index contributed by atoms with van der Waals surface area (Å²) in [4.78, 5) is 36.5. The van der Waals surface area contributed by atoms with Crippen molar-refractivity contribution in [2.45, 2.75) is 5.92 Å². The summed E-state index contributed by atoms with van der Waals surface area (Å²) in [5.74, 6) is -1.37. The predicted octanol–water partition coefficient (Wildman–Crippen LogP) is 0.672. The number of aromatic nitrogens is 2. The van der Waals surface area contributed by atoms with Crippen molar-refractivity contribution in [3.05, 3.63) is 54.1 Å². The fraction of sp³-hybridized carbons (Fsp3) is 0.133. The summed E-state index contributed by atoms with van der Waals surface area (Å²) in [5.41, 5.74) is 0.476. The van der Waals surface area contributed by atoms with Crippen molar-refractivity contribution in [2.24, 2.45) is 4.99 Å². The van der Waals surface area contributed by atoms with Crippen molar-refractivity contribution in [1.82, 2.24) is 15.3 Å². The molecule has 22 heavy (non-hydrogen) atoms. The van der Waals surface area contributed by atoms with Crippen LogP contribution in [0.4, 0.5) is 0 Å². The van der Waals surface area contributed by atoms with E-state index in [1.807, 2.05) is 0 Å². The number of rotatable bonds is 3. The topological polar surface area (TPSA) is 93.5 Å². The largest absolute Gasteiger partial charge is 0.496 e. The zero-order valence-electron chi connectivity index (χ0n) is 11.7. The van der Waals surface area contributed by atoms with E-state index in [0.29, 0.717) is 11.3 Å². The van der Waals surface area contributed by atoms with Crippen molar-refractivity contribution < 1.29 is 14.3 Å². The van der Waals surface area contributed by atoms with E-state index in [1.54, 1.807) is 30.3 Å². The second-order valence-electron chi connectivity index (χ2n) is 4.54. The maximum atomic E-state index is 12.3. The van der Waals surface area contributed by atoms with Crippen LogP contribution >= 0.6 is 0 Å². The van der Waals surface area contributed by atoms with Gasteiger partial charge in [0, 0.05) is 18.0 Å². The third-order valence-corrected chi connectivity index (χ3v) is 3.20. The van der Waals surface area contributed by atoms with E-state index < -0.39 is 17.7 Å². The molecule has 1 aromatic carbocycles. The van der Waals surface area contributed by atoms with Gasteiger partial charge in [-0.3, -0.25) is 9.59 Å². The van der Waals surface area contributed by atoms with Crippen LogP contribution in [0.3, 0.4) is 0 Å². The Morgan fingerprint density at radius 3 is 2.50 bits per heavy atom. The molecule has 1 aromatic heterocycles. The van der Waals surface area contributed by atoms with Crippen LogP contribution in [-0.2, 0) is 9.59 Å². The standard InChI is InChI=1S/C15H12N4O3/c1-22-10-6-3-2-5-9(10)11-14(20)18-13(19-15(11)21)12-16-7-4-8-17-12/h2-8,11H,1H3,(H,18,19,20,21). The van der Waals surface area contributed by atoms with Gasteiger partial charge in [0.25, 0.3) is 5.91 Å². The molecule has 1 atom stereocenters. The molecule has 0 radical (unpaired) electrons. The number of amidine groups is 1. The lowest BCUT2D eigenvalue weighted by atomic mass is 9.95. The molecule has 0 saturated carbocycles.